The SMILES string of the molecule is Cc1ccc(/C=C\C(=O)Nc2cccc(CN3CCC(C(N)=O)CC3)c2)o1. The number of hydrogen-bond acceptors (Lipinski definition) is 4. The molecular formula is C21H25N3O3. The molecule has 2 aromatic rings. The zero-order valence-electron chi connectivity index (χ0n) is 15.5. The Morgan fingerprint density at radius 2 is 2.04 bits per heavy atom. The molecule has 1 saturated heterocycles. The maximum atomic E-state index is 12.1. The van der Waals surface area contributed by atoms with Crippen LogP contribution in [0.25, 0.3) is 6.08 Å². The fraction of sp³-hybridized carbons (Fsp3) is 0.333. The molecule has 3 N–H and O–H groups in total. The summed E-state index contributed by atoms with van der Waals surface area (Å²) in [5.74, 6) is 1.05. The van der Waals surface area contributed by atoms with Crippen molar-refractivity contribution in [3.63, 3.8) is 0 Å². The molecule has 1 fully saturated rings. The van der Waals surface area contributed by atoms with Crippen LogP contribution in [0.2, 0.25) is 0 Å². The van der Waals surface area contributed by atoms with Gasteiger partial charge in [0.15, 0.2) is 0 Å². The van der Waals surface area contributed by atoms with E-state index < -0.39 is 0 Å². The monoisotopic (exact) mass is 367 g/mol. The summed E-state index contributed by atoms with van der Waals surface area (Å²) in [6.45, 7) is 4.36. The third kappa shape index (κ3) is 5.56. The van der Waals surface area contributed by atoms with Crippen LogP contribution in [0, 0.1) is 12.8 Å². The number of carbonyl (C=O) groups excluding carboxylic acids is 2. The molecule has 0 unspecified atom stereocenters. The van der Waals surface area contributed by atoms with Crippen molar-refractivity contribution >= 4 is 23.6 Å². The molecule has 1 aliphatic heterocycles. The van der Waals surface area contributed by atoms with Crippen molar-refractivity contribution in [2.45, 2.75) is 26.3 Å². The lowest BCUT2D eigenvalue weighted by Gasteiger charge is -2.30. The number of nitrogens with two attached hydrogens (primary N) is 1. The Morgan fingerprint density at radius 3 is 2.70 bits per heavy atom. The second-order valence-corrected chi connectivity index (χ2v) is 6.92. The van der Waals surface area contributed by atoms with Gasteiger partial charge < -0.3 is 15.5 Å². The van der Waals surface area contributed by atoms with E-state index in [-0.39, 0.29) is 17.7 Å². The highest BCUT2D eigenvalue weighted by atomic mass is 16.3. The number of aryl methyl sites for hydroxylation is 1. The molecule has 6 heteroatoms. The average Bonchev–Trinajstić information content (AvgIpc) is 3.06. The van der Waals surface area contributed by atoms with Crippen molar-refractivity contribution in [1.29, 1.82) is 0 Å². The molecule has 0 saturated carbocycles. The maximum Gasteiger partial charge on any atom is 0.248 e. The van der Waals surface area contributed by atoms with Gasteiger partial charge in [0.1, 0.15) is 11.5 Å². The number of nitrogens with zero attached hydrogens (tertiary/aromatic N) is 1. The number of piperidine rings is 1. The fourth-order valence-corrected chi connectivity index (χ4v) is 3.27. The minimum Gasteiger partial charge on any atom is -0.462 e. The Kier molecular flexibility index (Phi) is 6.08. The third-order valence-corrected chi connectivity index (χ3v) is 4.75. The molecule has 27 heavy (non-hydrogen) atoms. The first-order chi connectivity index (χ1) is 13.0. The second-order valence-electron chi connectivity index (χ2n) is 6.92. The topological polar surface area (TPSA) is 88.6 Å². The molecule has 0 aliphatic carbocycles. The summed E-state index contributed by atoms with van der Waals surface area (Å²) in [6.07, 6.45) is 4.72. The molecule has 0 radical (unpaired) electrons. The largest absolute Gasteiger partial charge is 0.462 e. The van der Waals surface area contributed by atoms with Crippen molar-refractivity contribution in [3.05, 3.63) is 59.6 Å². The van der Waals surface area contributed by atoms with Crippen LogP contribution in [0.15, 0.2) is 46.9 Å². The Bertz CT molecular complexity index is 833. The van der Waals surface area contributed by atoms with Gasteiger partial charge in [0.25, 0.3) is 0 Å². The molecule has 2 amide bonds. The van der Waals surface area contributed by atoms with Gasteiger partial charge in [-0.15, -0.1) is 0 Å². The first kappa shape index (κ1) is 18.9. The Labute approximate surface area is 159 Å². The summed E-state index contributed by atoms with van der Waals surface area (Å²) >= 11 is 0. The van der Waals surface area contributed by atoms with Crippen LogP contribution >= 0.6 is 0 Å². The van der Waals surface area contributed by atoms with E-state index in [2.05, 4.69) is 10.2 Å². The van der Waals surface area contributed by atoms with E-state index in [0.717, 1.165) is 49.5 Å². The molecule has 1 aliphatic rings. The lowest BCUT2D eigenvalue weighted by atomic mass is 9.96. The lowest BCUT2D eigenvalue weighted by Crippen LogP contribution is -2.38. The highest BCUT2D eigenvalue weighted by Crippen LogP contribution is 2.20. The zero-order valence-corrected chi connectivity index (χ0v) is 15.5. The molecule has 0 atom stereocenters. The summed E-state index contributed by atoms with van der Waals surface area (Å²) in [5, 5.41) is 2.87. The normalized spacial score (nSPS) is 15.9. The first-order valence-corrected chi connectivity index (χ1v) is 9.16. The zero-order chi connectivity index (χ0) is 19.2. The Hall–Kier alpha value is -2.86. The minimum atomic E-state index is -0.205. The van der Waals surface area contributed by atoms with Gasteiger partial charge in [-0.3, -0.25) is 14.5 Å². The first-order valence-electron chi connectivity index (χ1n) is 9.16. The van der Waals surface area contributed by atoms with Crippen molar-refractivity contribution in [2.75, 3.05) is 18.4 Å². The number of primary amides is 1. The number of rotatable bonds is 6. The smallest absolute Gasteiger partial charge is 0.248 e. The molecule has 0 bridgehead atoms. The highest BCUT2D eigenvalue weighted by Gasteiger charge is 2.22. The standard InChI is InChI=1S/C21H25N3O3/c1-15-5-6-19(27-15)7-8-20(25)23-18-4-2-3-16(13-18)14-24-11-9-17(10-12-24)21(22)26/h2-8,13,17H,9-12,14H2,1H3,(H2,22,26)(H,23,25)/b8-7-. The van der Waals surface area contributed by atoms with E-state index >= 15 is 0 Å². The van der Waals surface area contributed by atoms with Crippen LogP contribution in [0.4, 0.5) is 5.69 Å². The molecule has 0 spiro atoms. The molecule has 2 heterocycles. The molecule has 1 aromatic carbocycles. The lowest BCUT2D eigenvalue weighted by molar-refractivity contribution is -0.123. The predicted molar refractivity (Wildman–Crippen MR) is 105 cm³/mol. The van der Waals surface area contributed by atoms with Crippen LogP contribution in [0.1, 0.15) is 29.9 Å². The molecule has 142 valence electrons. The molecule has 1 aromatic heterocycles. The number of anilines is 1. The summed E-state index contributed by atoms with van der Waals surface area (Å²) in [7, 11) is 0. The van der Waals surface area contributed by atoms with E-state index in [1.54, 1.807) is 6.08 Å². The second kappa shape index (κ2) is 8.68. The van der Waals surface area contributed by atoms with E-state index in [0.29, 0.717) is 5.76 Å². The molecule has 6 nitrogen and oxygen atoms in total. The van der Waals surface area contributed by atoms with Gasteiger partial charge in [-0.05, 0) is 68.8 Å². The molecular weight excluding hydrogens is 342 g/mol. The number of hydrogen-bond donors (Lipinski definition) is 2. The number of carbonyl (C=O) groups is 2. The van der Waals surface area contributed by atoms with Gasteiger partial charge in [-0.1, -0.05) is 12.1 Å². The van der Waals surface area contributed by atoms with Crippen LogP contribution in [-0.2, 0) is 16.1 Å². The number of amides is 2. The van der Waals surface area contributed by atoms with Crippen molar-refractivity contribution in [1.82, 2.24) is 4.90 Å². The van der Waals surface area contributed by atoms with E-state index in [4.69, 9.17) is 10.2 Å². The number of nitrogens with one attached hydrogen (secondary N) is 1. The summed E-state index contributed by atoms with van der Waals surface area (Å²) in [6, 6.07) is 11.5. The van der Waals surface area contributed by atoms with Crippen molar-refractivity contribution in [2.24, 2.45) is 11.7 Å². The van der Waals surface area contributed by atoms with Gasteiger partial charge in [-0.25, -0.2) is 0 Å². The Balaban J connectivity index is 1.53. The van der Waals surface area contributed by atoms with Crippen LogP contribution < -0.4 is 11.1 Å². The minimum absolute atomic E-state index is 0.00314. The van der Waals surface area contributed by atoms with Crippen molar-refractivity contribution in [3.8, 4) is 0 Å². The fourth-order valence-electron chi connectivity index (χ4n) is 3.27. The van der Waals surface area contributed by atoms with Crippen molar-refractivity contribution < 1.29 is 14.0 Å². The van der Waals surface area contributed by atoms with Gasteiger partial charge in [-0.2, -0.15) is 0 Å². The summed E-state index contributed by atoms with van der Waals surface area (Å²) in [4.78, 5) is 25.7. The number of furan rings is 1. The third-order valence-electron chi connectivity index (χ3n) is 4.75. The van der Waals surface area contributed by atoms with Gasteiger partial charge >= 0.3 is 0 Å². The van der Waals surface area contributed by atoms with E-state index in [1.807, 2.05) is 43.3 Å². The van der Waals surface area contributed by atoms with Crippen LogP contribution in [-0.4, -0.2) is 29.8 Å². The highest BCUT2D eigenvalue weighted by molar-refractivity contribution is 6.01. The quantitative estimate of drug-likeness (QED) is 0.768. The summed E-state index contributed by atoms with van der Waals surface area (Å²) in [5.41, 5.74) is 7.26. The summed E-state index contributed by atoms with van der Waals surface area (Å²) < 4.78 is 5.41. The van der Waals surface area contributed by atoms with E-state index in [9.17, 15) is 9.59 Å². The molecule has 3 rings (SSSR count). The number of likely N-dealkylation sites (tertiary alicyclic amines) is 1. The maximum absolute atomic E-state index is 12.1. The average molecular weight is 367 g/mol. The van der Waals surface area contributed by atoms with Crippen LogP contribution in [0.5, 0.6) is 0 Å². The van der Waals surface area contributed by atoms with Gasteiger partial charge in [0.05, 0.1) is 0 Å². The Morgan fingerprint density at radius 1 is 1.26 bits per heavy atom. The van der Waals surface area contributed by atoms with Gasteiger partial charge in [0.2, 0.25) is 11.8 Å². The van der Waals surface area contributed by atoms with E-state index in [1.165, 1.54) is 6.08 Å². The van der Waals surface area contributed by atoms with Crippen LogP contribution in [0.3, 0.4) is 0 Å². The predicted octanol–water partition coefficient (Wildman–Crippen LogP) is 2.94. The van der Waals surface area contributed by atoms with Gasteiger partial charge in [0, 0.05) is 24.2 Å². The number of benzene rings is 1.